The third-order valence-corrected chi connectivity index (χ3v) is 4.09. The van der Waals surface area contributed by atoms with Gasteiger partial charge in [-0.15, -0.1) is 0 Å². The number of anilines is 1. The van der Waals surface area contributed by atoms with E-state index in [9.17, 15) is 9.90 Å². The van der Waals surface area contributed by atoms with Crippen molar-refractivity contribution in [3.8, 4) is 5.75 Å². The Morgan fingerprint density at radius 1 is 1.10 bits per heavy atom. The second-order valence-electron chi connectivity index (χ2n) is 5.51. The summed E-state index contributed by atoms with van der Waals surface area (Å²) in [7, 11) is 1.62. The molecule has 0 aromatic heterocycles. The molecule has 1 fully saturated rings. The number of methoxy groups -OCH3 is 1. The monoisotopic (exact) mass is 277 g/mol. The van der Waals surface area contributed by atoms with Gasteiger partial charge in [0.15, 0.2) is 0 Å². The first kappa shape index (κ1) is 14.7. The van der Waals surface area contributed by atoms with Crippen molar-refractivity contribution in [2.75, 3.05) is 12.4 Å². The van der Waals surface area contributed by atoms with Crippen molar-refractivity contribution in [1.29, 1.82) is 0 Å². The van der Waals surface area contributed by atoms with E-state index in [0.717, 1.165) is 37.1 Å². The van der Waals surface area contributed by atoms with E-state index in [1.165, 1.54) is 6.42 Å². The van der Waals surface area contributed by atoms with Crippen LogP contribution >= 0.6 is 0 Å². The molecule has 2 N–H and O–H groups in total. The summed E-state index contributed by atoms with van der Waals surface area (Å²) in [5, 5.41) is 12.9. The Morgan fingerprint density at radius 2 is 1.65 bits per heavy atom. The van der Waals surface area contributed by atoms with Crippen molar-refractivity contribution >= 4 is 11.7 Å². The van der Waals surface area contributed by atoms with Gasteiger partial charge in [-0.1, -0.05) is 32.1 Å². The van der Waals surface area contributed by atoms with Crippen molar-refractivity contribution < 1.29 is 14.6 Å². The molecule has 0 unspecified atom stereocenters. The minimum Gasteiger partial charge on any atom is -0.497 e. The third-order valence-electron chi connectivity index (χ3n) is 4.09. The number of hydrogen-bond donors (Lipinski definition) is 2. The number of benzene rings is 1. The normalized spacial score (nSPS) is 18.6. The summed E-state index contributed by atoms with van der Waals surface area (Å²) < 4.78 is 5.12. The smallest absolute Gasteiger partial charge is 0.329 e. The number of carboxylic acid groups (broad SMARTS) is 1. The molecule has 0 heterocycles. The van der Waals surface area contributed by atoms with Crippen molar-refractivity contribution in [3.05, 3.63) is 24.3 Å². The molecular weight excluding hydrogens is 254 g/mol. The van der Waals surface area contributed by atoms with Crippen molar-refractivity contribution in [3.63, 3.8) is 0 Å². The largest absolute Gasteiger partial charge is 0.497 e. The Labute approximate surface area is 120 Å². The summed E-state index contributed by atoms with van der Waals surface area (Å²) in [5.74, 6) is 0.0350. The van der Waals surface area contributed by atoms with Gasteiger partial charge in [0.2, 0.25) is 0 Å². The SMILES string of the molecule is COc1ccc(NC2(C(=O)O)CCCCCCC2)cc1. The predicted octanol–water partition coefficient (Wildman–Crippen LogP) is 3.67. The highest BCUT2D eigenvalue weighted by Gasteiger charge is 2.37. The maximum absolute atomic E-state index is 11.8. The topological polar surface area (TPSA) is 58.6 Å². The first-order chi connectivity index (χ1) is 9.66. The van der Waals surface area contributed by atoms with E-state index >= 15 is 0 Å². The van der Waals surface area contributed by atoms with Crippen LogP contribution in [-0.2, 0) is 4.79 Å². The van der Waals surface area contributed by atoms with Crippen LogP contribution in [0.5, 0.6) is 5.75 Å². The van der Waals surface area contributed by atoms with Gasteiger partial charge in [-0.25, -0.2) is 4.79 Å². The van der Waals surface area contributed by atoms with Crippen LogP contribution in [0.2, 0.25) is 0 Å². The average molecular weight is 277 g/mol. The highest BCUT2D eigenvalue weighted by Crippen LogP contribution is 2.31. The molecule has 0 spiro atoms. The van der Waals surface area contributed by atoms with Crippen LogP contribution < -0.4 is 10.1 Å². The van der Waals surface area contributed by atoms with E-state index in [2.05, 4.69) is 5.32 Å². The Hall–Kier alpha value is -1.71. The summed E-state index contributed by atoms with van der Waals surface area (Å²) in [6, 6.07) is 7.45. The zero-order chi connectivity index (χ0) is 14.4. The van der Waals surface area contributed by atoms with Crippen LogP contribution in [0.15, 0.2) is 24.3 Å². The van der Waals surface area contributed by atoms with E-state index < -0.39 is 11.5 Å². The number of aliphatic carboxylic acids is 1. The van der Waals surface area contributed by atoms with E-state index in [4.69, 9.17) is 4.74 Å². The van der Waals surface area contributed by atoms with Gasteiger partial charge in [-0.05, 0) is 37.1 Å². The van der Waals surface area contributed by atoms with Gasteiger partial charge in [0.05, 0.1) is 7.11 Å². The highest BCUT2D eigenvalue weighted by molar-refractivity contribution is 5.82. The number of carbonyl (C=O) groups is 1. The molecule has 0 radical (unpaired) electrons. The summed E-state index contributed by atoms with van der Waals surface area (Å²) in [4.78, 5) is 11.8. The summed E-state index contributed by atoms with van der Waals surface area (Å²) in [6.07, 6.45) is 6.78. The van der Waals surface area contributed by atoms with E-state index in [0.29, 0.717) is 12.8 Å². The van der Waals surface area contributed by atoms with E-state index in [1.807, 2.05) is 24.3 Å². The Kier molecular flexibility index (Phi) is 4.88. The number of carboxylic acids is 1. The van der Waals surface area contributed by atoms with E-state index in [-0.39, 0.29) is 0 Å². The maximum atomic E-state index is 11.8. The van der Waals surface area contributed by atoms with Gasteiger partial charge in [-0.3, -0.25) is 0 Å². The van der Waals surface area contributed by atoms with Gasteiger partial charge >= 0.3 is 5.97 Å². The molecule has 1 aromatic carbocycles. The van der Waals surface area contributed by atoms with Crippen LogP contribution in [0.25, 0.3) is 0 Å². The van der Waals surface area contributed by atoms with Crippen LogP contribution in [0, 0.1) is 0 Å². The number of ether oxygens (including phenoxy) is 1. The fourth-order valence-corrected chi connectivity index (χ4v) is 2.85. The lowest BCUT2D eigenvalue weighted by Gasteiger charge is -2.33. The molecular formula is C16H23NO3. The summed E-state index contributed by atoms with van der Waals surface area (Å²) in [5.41, 5.74) is 0.0171. The summed E-state index contributed by atoms with van der Waals surface area (Å²) >= 11 is 0. The lowest BCUT2D eigenvalue weighted by atomic mass is 9.83. The molecule has 1 saturated carbocycles. The van der Waals surface area contributed by atoms with E-state index in [1.54, 1.807) is 7.11 Å². The Balaban J connectivity index is 2.15. The van der Waals surface area contributed by atoms with Gasteiger partial charge in [-0.2, -0.15) is 0 Å². The van der Waals surface area contributed by atoms with Gasteiger partial charge < -0.3 is 15.2 Å². The molecule has 0 amide bonds. The molecule has 0 saturated heterocycles. The molecule has 1 aliphatic rings. The van der Waals surface area contributed by atoms with Crippen molar-refractivity contribution in [2.45, 2.75) is 50.5 Å². The van der Waals surface area contributed by atoms with Crippen molar-refractivity contribution in [1.82, 2.24) is 0 Å². The minimum absolute atomic E-state index is 0.689. The maximum Gasteiger partial charge on any atom is 0.329 e. The lowest BCUT2D eigenvalue weighted by Crippen LogP contribution is -2.46. The quantitative estimate of drug-likeness (QED) is 0.881. The minimum atomic E-state index is -0.824. The zero-order valence-electron chi connectivity index (χ0n) is 12.0. The first-order valence-corrected chi connectivity index (χ1v) is 7.32. The molecule has 0 atom stereocenters. The molecule has 110 valence electrons. The zero-order valence-corrected chi connectivity index (χ0v) is 12.0. The summed E-state index contributed by atoms with van der Waals surface area (Å²) in [6.45, 7) is 0. The fourth-order valence-electron chi connectivity index (χ4n) is 2.85. The van der Waals surface area contributed by atoms with Crippen LogP contribution in [0.1, 0.15) is 44.9 Å². The average Bonchev–Trinajstić information content (AvgIpc) is 2.42. The lowest BCUT2D eigenvalue weighted by molar-refractivity contribution is -0.143. The van der Waals surface area contributed by atoms with Crippen LogP contribution in [0.4, 0.5) is 5.69 Å². The standard InChI is InChI=1S/C16H23NO3/c1-20-14-9-7-13(8-10-14)17-16(15(18)19)11-5-3-2-4-6-12-16/h7-10,17H,2-6,11-12H2,1H3,(H,18,19). The molecule has 20 heavy (non-hydrogen) atoms. The number of nitrogens with one attached hydrogen (secondary N) is 1. The third kappa shape index (κ3) is 3.44. The Bertz CT molecular complexity index is 434. The fraction of sp³-hybridized carbons (Fsp3) is 0.562. The predicted molar refractivity (Wildman–Crippen MR) is 79.3 cm³/mol. The van der Waals surface area contributed by atoms with Gasteiger partial charge in [0.25, 0.3) is 0 Å². The second-order valence-corrected chi connectivity index (χ2v) is 5.51. The van der Waals surface area contributed by atoms with Crippen molar-refractivity contribution in [2.24, 2.45) is 0 Å². The second kappa shape index (κ2) is 6.64. The van der Waals surface area contributed by atoms with Crippen LogP contribution in [0.3, 0.4) is 0 Å². The molecule has 2 rings (SSSR count). The molecule has 1 aliphatic carbocycles. The highest BCUT2D eigenvalue weighted by atomic mass is 16.5. The molecule has 4 nitrogen and oxygen atoms in total. The number of hydrogen-bond acceptors (Lipinski definition) is 3. The van der Waals surface area contributed by atoms with Gasteiger partial charge in [0.1, 0.15) is 11.3 Å². The first-order valence-electron chi connectivity index (χ1n) is 7.32. The molecule has 1 aromatic rings. The Morgan fingerprint density at radius 3 is 2.15 bits per heavy atom. The van der Waals surface area contributed by atoms with Gasteiger partial charge in [0, 0.05) is 5.69 Å². The molecule has 0 aliphatic heterocycles. The number of rotatable bonds is 4. The van der Waals surface area contributed by atoms with Crippen LogP contribution in [-0.4, -0.2) is 23.7 Å². The molecule has 0 bridgehead atoms. The molecule has 4 heteroatoms.